The van der Waals surface area contributed by atoms with Crippen LogP contribution >= 0.6 is 31.2 Å². The Morgan fingerprint density at radius 1 is 1.16 bits per heavy atom. The first kappa shape index (κ1) is 30.3. The van der Waals surface area contributed by atoms with E-state index < -0.39 is 75.3 Å². The van der Waals surface area contributed by atoms with Crippen LogP contribution in [-0.4, -0.2) is 94.3 Å². The van der Waals surface area contributed by atoms with Crippen LogP contribution in [0.2, 0.25) is 0 Å². The van der Waals surface area contributed by atoms with Crippen molar-refractivity contribution >= 4 is 59.5 Å². The molecule has 2 fully saturated rings. The van der Waals surface area contributed by atoms with Crippen LogP contribution < -0.4 is 16.9 Å². The largest absolute Gasteiger partial charge is 0.369 e. The molecule has 6 heterocycles. The third kappa shape index (κ3) is 5.31. The fourth-order valence-corrected chi connectivity index (χ4v) is 6.33. The third-order valence-corrected chi connectivity index (χ3v) is 8.46. The number of anilines is 1. The van der Waals surface area contributed by atoms with Gasteiger partial charge in [-0.1, -0.05) is 5.21 Å². The van der Waals surface area contributed by atoms with Crippen LogP contribution in [0, 0.1) is 5.92 Å². The van der Waals surface area contributed by atoms with E-state index in [1.54, 1.807) is 0 Å². The molecule has 0 spiro atoms. The van der Waals surface area contributed by atoms with Crippen molar-refractivity contribution in [1.82, 2.24) is 44.5 Å². The standard InChI is InChI=1S/C20H23F3N10O7P2S/c21-9-8(38-17(12(9)40-43)32-5-27-10-14(32)28-19(24)29-16(10)35)3-42-37-1-6-7(2-36-41)39-18(20(6,22)23)33-13-11(30-31-33)15(34)26-4-25-13/h4-9,12,17-18,42-43H,1-3,41H2,(H,25,26,34)(H3,24,28,29,35)/t6-,7-,8?,9-,12-,17-,18-/m1/s1. The smallest absolute Gasteiger partial charge is 0.301 e. The van der Waals surface area contributed by atoms with E-state index in [-0.39, 0.29) is 41.0 Å². The van der Waals surface area contributed by atoms with Gasteiger partial charge in [0.2, 0.25) is 12.2 Å². The molecule has 0 saturated carbocycles. The van der Waals surface area contributed by atoms with Gasteiger partial charge in [-0.15, -0.1) is 5.10 Å². The van der Waals surface area contributed by atoms with Crippen molar-refractivity contribution in [2.75, 3.05) is 25.1 Å². The Balaban J connectivity index is 1.13. The molecule has 0 bridgehead atoms. The van der Waals surface area contributed by atoms with Gasteiger partial charge < -0.3 is 33.4 Å². The van der Waals surface area contributed by atoms with E-state index in [0.717, 1.165) is 11.0 Å². The first-order chi connectivity index (χ1) is 20.6. The lowest BCUT2D eigenvalue weighted by molar-refractivity contribution is -0.132. The Morgan fingerprint density at radius 3 is 2.74 bits per heavy atom. The summed E-state index contributed by atoms with van der Waals surface area (Å²) in [6.07, 6.45) is -5.96. The Labute approximate surface area is 247 Å². The molecule has 43 heavy (non-hydrogen) atoms. The Morgan fingerprint density at radius 2 is 1.98 bits per heavy atom. The van der Waals surface area contributed by atoms with Crippen molar-refractivity contribution in [3.05, 3.63) is 33.4 Å². The minimum Gasteiger partial charge on any atom is -0.369 e. The monoisotopic (exact) mass is 666 g/mol. The highest BCUT2D eigenvalue weighted by atomic mass is 32.1. The SMILES string of the molecule is Nc1nc2c(ncn2[C@@H]2OC(CPOC[C@@H]3[C@@H](COP)O[C@@H](n4nnc5c(=O)[nH]cnc54)C3(F)F)[C@@H](F)[C@H]2OS)c(=O)[nH]1. The fraction of sp³-hybridized carbons (Fsp3) is 0.550. The highest BCUT2D eigenvalue weighted by molar-refractivity contribution is 7.75. The number of aromatic nitrogens is 9. The van der Waals surface area contributed by atoms with Crippen molar-refractivity contribution in [3.63, 3.8) is 0 Å². The van der Waals surface area contributed by atoms with Gasteiger partial charge >= 0.3 is 5.92 Å². The first-order valence-electron chi connectivity index (χ1n) is 12.5. The van der Waals surface area contributed by atoms with Crippen LogP contribution in [0.3, 0.4) is 0 Å². The van der Waals surface area contributed by atoms with Crippen LogP contribution in [0.15, 0.2) is 22.2 Å². The number of alkyl halides is 3. The number of nitrogens with two attached hydrogens (primary N) is 1. The van der Waals surface area contributed by atoms with Crippen LogP contribution in [-0.2, 0) is 22.7 Å². The summed E-state index contributed by atoms with van der Waals surface area (Å²) in [5.41, 5.74) is 4.01. The van der Waals surface area contributed by atoms with Crippen LogP contribution in [0.4, 0.5) is 19.1 Å². The number of nitrogens with one attached hydrogen (secondary N) is 2. The molecular formula is C20H23F3N10O7P2S. The summed E-state index contributed by atoms with van der Waals surface area (Å²) in [5, 5.41) is 7.32. The molecule has 4 aromatic heterocycles. The van der Waals surface area contributed by atoms with Gasteiger partial charge in [-0.2, -0.15) is 9.67 Å². The second-order valence-electron chi connectivity index (χ2n) is 9.59. The predicted octanol–water partition coefficient (Wildman–Crippen LogP) is 0.261. The van der Waals surface area contributed by atoms with Gasteiger partial charge in [-0.05, 0) is 12.9 Å². The van der Waals surface area contributed by atoms with Crippen LogP contribution in [0.25, 0.3) is 22.3 Å². The average molecular weight is 666 g/mol. The first-order valence-corrected chi connectivity index (χ1v) is 14.4. The molecule has 232 valence electrons. The lowest BCUT2D eigenvalue weighted by Gasteiger charge is -2.23. The molecular weight excluding hydrogens is 643 g/mol. The van der Waals surface area contributed by atoms with E-state index in [1.165, 1.54) is 10.9 Å². The number of rotatable bonds is 10. The minimum absolute atomic E-state index is 0.0259. The summed E-state index contributed by atoms with van der Waals surface area (Å²) in [4.78, 5) is 40.7. The lowest BCUT2D eigenvalue weighted by Crippen LogP contribution is -2.37. The minimum atomic E-state index is -3.55. The number of hydrogen-bond acceptors (Lipinski definition) is 14. The van der Waals surface area contributed by atoms with Gasteiger partial charge in [-0.25, -0.2) is 23.1 Å². The van der Waals surface area contributed by atoms with Crippen molar-refractivity contribution in [1.29, 1.82) is 0 Å². The van der Waals surface area contributed by atoms with Gasteiger partial charge in [0.05, 0.1) is 37.9 Å². The molecule has 0 radical (unpaired) electrons. The molecule has 4 aromatic rings. The average Bonchev–Trinajstić information content (AvgIpc) is 3.71. The van der Waals surface area contributed by atoms with E-state index >= 15 is 13.2 Å². The number of nitrogen functional groups attached to an aromatic ring is 1. The molecule has 3 unspecified atom stereocenters. The molecule has 0 amide bonds. The number of H-pyrrole nitrogens is 2. The predicted molar refractivity (Wildman–Crippen MR) is 148 cm³/mol. The molecule has 2 aliphatic rings. The lowest BCUT2D eigenvalue weighted by atomic mass is 9.98. The molecule has 4 N–H and O–H groups in total. The second-order valence-corrected chi connectivity index (χ2v) is 11.1. The number of nitrogens with zero attached hydrogens (tertiary/aromatic N) is 7. The number of ether oxygens (including phenoxy) is 2. The molecule has 6 rings (SSSR count). The van der Waals surface area contributed by atoms with Crippen molar-refractivity contribution in [2.24, 2.45) is 5.92 Å². The summed E-state index contributed by atoms with van der Waals surface area (Å²) in [6.45, 7) is -0.714. The summed E-state index contributed by atoms with van der Waals surface area (Å²) in [5.74, 6) is -5.24. The van der Waals surface area contributed by atoms with Gasteiger partial charge in [0.25, 0.3) is 11.1 Å². The summed E-state index contributed by atoms with van der Waals surface area (Å²) in [6, 6.07) is 0. The number of fused-ring (bicyclic) bond motifs is 2. The summed E-state index contributed by atoms with van der Waals surface area (Å²) >= 11 is 3.78. The molecule has 0 aliphatic carbocycles. The number of thiol groups is 1. The normalized spacial score (nSPS) is 29.1. The number of halogens is 3. The van der Waals surface area contributed by atoms with Gasteiger partial charge in [-0.3, -0.25) is 19.1 Å². The molecule has 2 aliphatic heterocycles. The molecule has 9 atom stereocenters. The highest BCUT2D eigenvalue weighted by Crippen LogP contribution is 2.48. The van der Waals surface area contributed by atoms with E-state index in [9.17, 15) is 9.59 Å². The quantitative estimate of drug-likeness (QED) is 0.0775. The maximum atomic E-state index is 15.7. The second kappa shape index (κ2) is 12.0. The van der Waals surface area contributed by atoms with Gasteiger partial charge in [0, 0.05) is 24.4 Å². The topological polar surface area (TPSA) is 212 Å². The van der Waals surface area contributed by atoms with E-state index in [1.807, 2.05) is 9.47 Å². The van der Waals surface area contributed by atoms with Crippen LogP contribution in [0.1, 0.15) is 12.5 Å². The van der Waals surface area contributed by atoms with Crippen LogP contribution in [0.5, 0.6) is 0 Å². The Hall–Kier alpha value is -2.77. The molecule has 0 aromatic carbocycles. The molecule has 2 saturated heterocycles. The summed E-state index contributed by atoms with van der Waals surface area (Å²) in [7, 11) is 1.50. The van der Waals surface area contributed by atoms with E-state index in [2.05, 4.69) is 48.1 Å². The Bertz CT molecular complexity index is 1740. The summed E-state index contributed by atoms with van der Waals surface area (Å²) < 4.78 is 75.8. The third-order valence-electron chi connectivity index (χ3n) is 7.09. The van der Waals surface area contributed by atoms with Gasteiger partial charge in [0.1, 0.15) is 6.10 Å². The maximum Gasteiger partial charge on any atom is 0.301 e. The zero-order valence-electron chi connectivity index (χ0n) is 21.5. The number of hydrogen-bond donors (Lipinski definition) is 4. The van der Waals surface area contributed by atoms with Crippen molar-refractivity contribution in [3.8, 4) is 0 Å². The molecule has 17 nitrogen and oxygen atoms in total. The molecule has 23 heteroatoms. The zero-order chi connectivity index (χ0) is 30.5. The number of imidazole rings is 1. The van der Waals surface area contributed by atoms with E-state index in [4.69, 9.17) is 28.4 Å². The zero-order valence-corrected chi connectivity index (χ0v) is 24.6. The van der Waals surface area contributed by atoms with Gasteiger partial charge in [0.15, 0.2) is 40.8 Å². The number of aromatic amines is 2. The van der Waals surface area contributed by atoms with Crippen molar-refractivity contribution < 1.29 is 35.9 Å². The Kier molecular flexibility index (Phi) is 8.42. The van der Waals surface area contributed by atoms with Crippen molar-refractivity contribution in [2.45, 2.75) is 42.9 Å². The fourth-order valence-electron chi connectivity index (χ4n) is 5.02. The van der Waals surface area contributed by atoms with E-state index in [0.29, 0.717) is 0 Å². The highest BCUT2D eigenvalue weighted by Gasteiger charge is 2.60. The maximum absolute atomic E-state index is 15.7.